The first kappa shape index (κ1) is 17.0. The second-order valence-electron chi connectivity index (χ2n) is 5.98. The molecule has 25 heavy (non-hydrogen) atoms. The molecule has 0 unspecified atom stereocenters. The van der Waals surface area contributed by atoms with Crippen LogP contribution in [0.2, 0.25) is 0 Å². The van der Waals surface area contributed by atoms with Gasteiger partial charge < -0.3 is 20.0 Å². The largest absolute Gasteiger partial charge is 0.459 e. The number of hydrogen-bond donors (Lipinski definition) is 2. The molecule has 1 fully saturated rings. The Kier molecular flexibility index (Phi) is 5.66. The molecule has 0 aromatic carbocycles. The van der Waals surface area contributed by atoms with E-state index in [1.54, 1.807) is 18.3 Å². The predicted molar refractivity (Wildman–Crippen MR) is 94.6 cm³/mol. The Balaban J connectivity index is 1.36. The highest BCUT2D eigenvalue weighted by Crippen LogP contribution is 2.19. The van der Waals surface area contributed by atoms with Gasteiger partial charge in [-0.05, 0) is 43.5 Å². The van der Waals surface area contributed by atoms with Gasteiger partial charge in [0.25, 0.3) is 5.91 Å². The fourth-order valence-electron chi connectivity index (χ4n) is 2.76. The van der Waals surface area contributed by atoms with Crippen LogP contribution in [0.3, 0.4) is 0 Å². The molecule has 0 spiro atoms. The van der Waals surface area contributed by atoms with Gasteiger partial charge in [-0.15, -0.1) is 0 Å². The van der Waals surface area contributed by atoms with Gasteiger partial charge in [0.1, 0.15) is 5.82 Å². The molecule has 2 amide bonds. The summed E-state index contributed by atoms with van der Waals surface area (Å²) < 4.78 is 5.00. The van der Waals surface area contributed by atoms with Crippen LogP contribution < -0.4 is 15.5 Å². The third-order valence-corrected chi connectivity index (χ3v) is 4.07. The van der Waals surface area contributed by atoms with Crippen LogP contribution in [-0.2, 0) is 4.79 Å². The molecule has 7 heteroatoms. The molecule has 3 heterocycles. The van der Waals surface area contributed by atoms with E-state index in [-0.39, 0.29) is 17.6 Å². The van der Waals surface area contributed by atoms with E-state index < -0.39 is 0 Å². The zero-order valence-electron chi connectivity index (χ0n) is 14.0. The Morgan fingerprint density at radius 2 is 2.04 bits per heavy atom. The van der Waals surface area contributed by atoms with Crippen molar-refractivity contribution in [1.29, 1.82) is 0 Å². The van der Waals surface area contributed by atoms with Gasteiger partial charge >= 0.3 is 0 Å². The summed E-state index contributed by atoms with van der Waals surface area (Å²) in [5.74, 6) is 0.861. The van der Waals surface area contributed by atoms with Crippen molar-refractivity contribution >= 4 is 23.3 Å². The number of anilines is 2. The Bertz CT molecular complexity index is 692. The highest BCUT2D eigenvalue weighted by Gasteiger charge is 2.13. The molecular weight excluding hydrogens is 320 g/mol. The summed E-state index contributed by atoms with van der Waals surface area (Å²) in [6, 6.07) is 7.06. The van der Waals surface area contributed by atoms with E-state index in [1.807, 2.05) is 12.1 Å². The fourth-order valence-corrected chi connectivity index (χ4v) is 2.76. The molecule has 2 aromatic heterocycles. The molecule has 0 aliphatic carbocycles. The minimum Gasteiger partial charge on any atom is -0.459 e. The van der Waals surface area contributed by atoms with Crippen LogP contribution >= 0.6 is 0 Å². The van der Waals surface area contributed by atoms with Crippen molar-refractivity contribution in [1.82, 2.24) is 10.3 Å². The van der Waals surface area contributed by atoms with Gasteiger partial charge in [-0.25, -0.2) is 4.98 Å². The molecule has 7 nitrogen and oxygen atoms in total. The van der Waals surface area contributed by atoms with Crippen molar-refractivity contribution < 1.29 is 14.0 Å². The van der Waals surface area contributed by atoms with E-state index in [0.717, 1.165) is 18.9 Å². The molecule has 0 bridgehead atoms. The second kappa shape index (κ2) is 8.32. The molecule has 0 saturated carbocycles. The van der Waals surface area contributed by atoms with Crippen molar-refractivity contribution in [2.45, 2.75) is 25.7 Å². The number of nitrogens with zero attached hydrogens (tertiary/aromatic N) is 2. The minimum absolute atomic E-state index is 0.0945. The number of amides is 2. The molecule has 2 aromatic rings. The number of carbonyl (C=O) groups excluding carboxylic acids is 2. The van der Waals surface area contributed by atoms with Gasteiger partial charge in [-0.1, -0.05) is 0 Å². The monoisotopic (exact) mass is 342 g/mol. The number of rotatable bonds is 7. The van der Waals surface area contributed by atoms with E-state index in [9.17, 15) is 9.59 Å². The molecule has 0 atom stereocenters. The average Bonchev–Trinajstić information content (AvgIpc) is 3.32. The number of aromatic nitrogens is 1. The highest BCUT2D eigenvalue weighted by molar-refractivity contribution is 5.92. The third kappa shape index (κ3) is 4.82. The number of pyridine rings is 1. The molecule has 0 radical (unpaired) electrons. The van der Waals surface area contributed by atoms with Gasteiger partial charge in [0.15, 0.2) is 5.76 Å². The summed E-state index contributed by atoms with van der Waals surface area (Å²) in [5.41, 5.74) is 0.688. The van der Waals surface area contributed by atoms with Crippen LogP contribution in [0, 0.1) is 0 Å². The zero-order chi connectivity index (χ0) is 17.5. The first-order chi connectivity index (χ1) is 12.2. The van der Waals surface area contributed by atoms with E-state index in [1.165, 1.54) is 19.1 Å². The molecule has 3 rings (SSSR count). The van der Waals surface area contributed by atoms with Crippen LogP contribution in [0.4, 0.5) is 11.5 Å². The lowest BCUT2D eigenvalue weighted by atomic mass is 10.2. The van der Waals surface area contributed by atoms with Crippen LogP contribution in [0.5, 0.6) is 0 Å². The first-order valence-corrected chi connectivity index (χ1v) is 8.55. The molecule has 2 N–H and O–H groups in total. The predicted octanol–water partition coefficient (Wildman–Crippen LogP) is 2.42. The topological polar surface area (TPSA) is 87.5 Å². The zero-order valence-corrected chi connectivity index (χ0v) is 14.0. The summed E-state index contributed by atoms with van der Waals surface area (Å²) >= 11 is 0. The molecule has 1 aliphatic heterocycles. The highest BCUT2D eigenvalue weighted by atomic mass is 16.3. The van der Waals surface area contributed by atoms with Crippen molar-refractivity contribution in [2.24, 2.45) is 0 Å². The molecule has 1 saturated heterocycles. The van der Waals surface area contributed by atoms with Crippen molar-refractivity contribution in [3.63, 3.8) is 0 Å². The van der Waals surface area contributed by atoms with E-state index >= 15 is 0 Å². The van der Waals surface area contributed by atoms with Gasteiger partial charge in [0, 0.05) is 26.1 Å². The molecular formula is C18H22N4O3. The lowest BCUT2D eigenvalue weighted by Crippen LogP contribution is -2.25. The van der Waals surface area contributed by atoms with E-state index in [4.69, 9.17) is 4.42 Å². The fraction of sp³-hybridized carbons (Fsp3) is 0.389. The number of carbonyl (C=O) groups is 2. The summed E-state index contributed by atoms with van der Waals surface area (Å²) in [7, 11) is 0. The number of nitrogens with one attached hydrogen (secondary N) is 2. The minimum atomic E-state index is -0.271. The van der Waals surface area contributed by atoms with Crippen LogP contribution in [0.1, 0.15) is 36.2 Å². The Morgan fingerprint density at radius 3 is 2.72 bits per heavy atom. The summed E-state index contributed by atoms with van der Waals surface area (Å²) in [5, 5.41) is 5.54. The molecule has 132 valence electrons. The summed E-state index contributed by atoms with van der Waals surface area (Å²) in [6.45, 7) is 2.50. The van der Waals surface area contributed by atoms with Crippen molar-refractivity contribution in [3.8, 4) is 0 Å². The van der Waals surface area contributed by atoms with Crippen LogP contribution in [-0.4, -0.2) is 36.4 Å². The third-order valence-electron chi connectivity index (χ3n) is 4.07. The van der Waals surface area contributed by atoms with Crippen LogP contribution in [0.15, 0.2) is 41.1 Å². The first-order valence-electron chi connectivity index (χ1n) is 8.55. The molecule has 1 aliphatic rings. The quantitative estimate of drug-likeness (QED) is 0.755. The number of hydrogen-bond acceptors (Lipinski definition) is 5. The maximum absolute atomic E-state index is 11.9. The van der Waals surface area contributed by atoms with Gasteiger partial charge in [-0.2, -0.15) is 0 Å². The van der Waals surface area contributed by atoms with Gasteiger partial charge in [0.05, 0.1) is 18.1 Å². The Labute approximate surface area is 146 Å². The maximum Gasteiger partial charge on any atom is 0.286 e. The number of furan rings is 1. The van der Waals surface area contributed by atoms with Crippen molar-refractivity contribution in [3.05, 3.63) is 42.5 Å². The second-order valence-corrected chi connectivity index (χ2v) is 5.98. The van der Waals surface area contributed by atoms with Crippen LogP contribution in [0.25, 0.3) is 0 Å². The van der Waals surface area contributed by atoms with E-state index in [0.29, 0.717) is 25.1 Å². The SMILES string of the molecule is O=C(CCCNC(=O)c1ccco1)Nc1ccc(N2CCCC2)nc1. The Hall–Kier alpha value is -2.83. The average molecular weight is 342 g/mol. The van der Waals surface area contributed by atoms with Gasteiger partial charge in [0.2, 0.25) is 5.91 Å². The Morgan fingerprint density at radius 1 is 1.20 bits per heavy atom. The maximum atomic E-state index is 11.9. The van der Waals surface area contributed by atoms with E-state index in [2.05, 4.69) is 20.5 Å². The summed E-state index contributed by atoms with van der Waals surface area (Å²) in [6.07, 6.45) is 6.42. The smallest absolute Gasteiger partial charge is 0.286 e. The van der Waals surface area contributed by atoms with Crippen molar-refractivity contribution in [2.75, 3.05) is 29.9 Å². The normalized spacial score (nSPS) is 13.7. The van der Waals surface area contributed by atoms with Gasteiger partial charge in [-0.3, -0.25) is 9.59 Å². The standard InChI is InChI=1S/C18H22N4O3/c23-17(6-3-9-19-18(24)15-5-4-12-25-15)21-14-7-8-16(20-13-14)22-10-1-2-11-22/h4-5,7-8,12-13H,1-3,6,9-11H2,(H,19,24)(H,21,23). The lowest BCUT2D eigenvalue weighted by Gasteiger charge is -2.16. The summed E-state index contributed by atoms with van der Waals surface area (Å²) in [4.78, 5) is 30.3. The lowest BCUT2D eigenvalue weighted by molar-refractivity contribution is -0.116.